The highest BCUT2D eigenvalue weighted by Crippen LogP contribution is 2.35. The van der Waals surface area contributed by atoms with Crippen LogP contribution in [-0.2, 0) is 16.1 Å². The molecule has 0 unspecified atom stereocenters. The molecule has 0 radical (unpaired) electrons. The van der Waals surface area contributed by atoms with Gasteiger partial charge in [-0.2, -0.15) is 0 Å². The van der Waals surface area contributed by atoms with Gasteiger partial charge in [-0.25, -0.2) is 4.79 Å². The highest BCUT2D eigenvalue weighted by Gasteiger charge is 2.38. The fourth-order valence-electron chi connectivity index (χ4n) is 4.04. The van der Waals surface area contributed by atoms with E-state index in [1.807, 2.05) is 36.4 Å². The summed E-state index contributed by atoms with van der Waals surface area (Å²) in [7, 11) is 3.19. The largest absolute Gasteiger partial charge is 0.497 e. The monoisotopic (exact) mass is 471 g/mol. The first-order chi connectivity index (χ1) is 16.1. The van der Waals surface area contributed by atoms with Gasteiger partial charge in [-0.1, -0.05) is 12.1 Å². The van der Waals surface area contributed by atoms with Crippen LogP contribution in [0.3, 0.4) is 0 Å². The van der Waals surface area contributed by atoms with E-state index in [2.05, 4.69) is 0 Å². The standard InChI is InChI=1S/C26H33NO7/c1-26(2,3)34-25(30)27-10-9-22(23(15-27)24(28)29)18-7-6-8-19(13-18)33-16-17-11-20(31-4)14-21(12-17)32-5/h6-8,11-14,22-23H,9-10,15-16H2,1-5H3,(H,28,29)/t22-,23+/m1/s1. The van der Waals surface area contributed by atoms with Crippen LogP contribution in [0.4, 0.5) is 4.79 Å². The molecule has 2 aromatic carbocycles. The molecule has 0 bridgehead atoms. The number of hydrogen-bond acceptors (Lipinski definition) is 6. The Morgan fingerprint density at radius 3 is 2.29 bits per heavy atom. The molecule has 8 heteroatoms. The lowest BCUT2D eigenvalue weighted by molar-refractivity contribution is -0.144. The van der Waals surface area contributed by atoms with Crippen LogP contribution >= 0.6 is 0 Å². The Labute approximate surface area is 200 Å². The summed E-state index contributed by atoms with van der Waals surface area (Å²) >= 11 is 0. The van der Waals surface area contributed by atoms with Gasteiger partial charge in [0.05, 0.1) is 20.1 Å². The van der Waals surface area contributed by atoms with E-state index in [0.29, 0.717) is 36.8 Å². The number of carbonyl (C=O) groups is 2. The molecule has 1 aliphatic heterocycles. The lowest BCUT2D eigenvalue weighted by Crippen LogP contribution is -2.47. The van der Waals surface area contributed by atoms with Crippen molar-refractivity contribution in [3.8, 4) is 17.2 Å². The quantitative estimate of drug-likeness (QED) is 0.625. The van der Waals surface area contributed by atoms with Gasteiger partial charge in [0.2, 0.25) is 0 Å². The highest BCUT2D eigenvalue weighted by molar-refractivity contribution is 5.74. The maximum atomic E-state index is 12.5. The molecule has 8 nitrogen and oxygen atoms in total. The Morgan fingerprint density at radius 1 is 1.03 bits per heavy atom. The molecule has 1 saturated heterocycles. The van der Waals surface area contributed by atoms with E-state index in [9.17, 15) is 14.7 Å². The Hall–Kier alpha value is -3.42. The molecule has 3 rings (SSSR count). The number of carbonyl (C=O) groups excluding carboxylic acids is 1. The van der Waals surface area contributed by atoms with Gasteiger partial charge in [-0.05, 0) is 62.6 Å². The van der Waals surface area contributed by atoms with Gasteiger partial charge in [0.25, 0.3) is 0 Å². The summed E-state index contributed by atoms with van der Waals surface area (Å²) in [4.78, 5) is 26.0. The molecule has 0 aliphatic carbocycles. The maximum absolute atomic E-state index is 12.5. The van der Waals surface area contributed by atoms with Crippen molar-refractivity contribution in [1.29, 1.82) is 0 Å². The van der Waals surface area contributed by atoms with Crippen LogP contribution in [0.25, 0.3) is 0 Å². The molecule has 1 amide bonds. The molecule has 1 heterocycles. The molecule has 2 aromatic rings. The van der Waals surface area contributed by atoms with Crippen LogP contribution in [0.15, 0.2) is 42.5 Å². The van der Waals surface area contributed by atoms with E-state index in [1.165, 1.54) is 4.90 Å². The third-order valence-electron chi connectivity index (χ3n) is 5.68. The number of amides is 1. The van der Waals surface area contributed by atoms with Gasteiger partial charge in [0.15, 0.2) is 0 Å². The fourth-order valence-corrected chi connectivity index (χ4v) is 4.04. The van der Waals surface area contributed by atoms with E-state index in [4.69, 9.17) is 18.9 Å². The molecule has 0 aromatic heterocycles. The van der Waals surface area contributed by atoms with E-state index >= 15 is 0 Å². The Kier molecular flexibility index (Phi) is 7.91. The third-order valence-corrected chi connectivity index (χ3v) is 5.68. The minimum atomic E-state index is -0.937. The Morgan fingerprint density at radius 2 is 1.71 bits per heavy atom. The maximum Gasteiger partial charge on any atom is 0.410 e. The highest BCUT2D eigenvalue weighted by atomic mass is 16.6. The van der Waals surface area contributed by atoms with Gasteiger partial charge >= 0.3 is 12.1 Å². The van der Waals surface area contributed by atoms with Gasteiger partial charge in [0, 0.05) is 25.1 Å². The molecule has 0 saturated carbocycles. The first-order valence-corrected chi connectivity index (χ1v) is 11.2. The van der Waals surface area contributed by atoms with E-state index in [0.717, 1.165) is 11.1 Å². The average molecular weight is 472 g/mol. The van der Waals surface area contributed by atoms with Crippen molar-refractivity contribution in [1.82, 2.24) is 4.90 Å². The second-order valence-electron chi connectivity index (χ2n) is 9.35. The summed E-state index contributed by atoms with van der Waals surface area (Å²) in [6, 6.07) is 13.0. The van der Waals surface area contributed by atoms with Gasteiger partial charge < -0.3 is 29.0 Å². The van der Waals surface area contributed by atoms with Crippen LogP contribution in [0.2, 0.25) is 0 Å². The molecule has 0 spiro atoms. The third kappa shape index (κ3) is 6.56. The number of rotatable bonds is 7. The summed E-state index contributed by atoms with van der Waals surface area (Å²) in [6.07, 6.45) is 0.0372. The number of benzene rings is 2. The number of carboxylic acid groups (broad SMARTS) is 1. The van der Waals surface area contributed by atoms with Crippen molar-refractivity contribution in [3.05, 3.63) is 53.6 Å². The minimum absolute atomic E-state index is 0.101. The van der Waals surface area contributed by atoms with Crippen LogP contribution in [0.1, 0.15) is 44.2 Å². The van der Waals surface area contributed by atoms with Crippen LogP contribution in [0, 0.1) is 5.92 Å². The second kappa shape index (κ2) is 10.7. The van der Waals surface area contributed by atoms with E-state index in [1.54, 1.807) is 41.1 Å². The summed E-state index contributed by atoms with van der Waals surface area (Å²) in [6.45, 7) is 6.20. The summed E-state index contributed by atoms with van der Waals surface area (Å²) < 4.78 is 22.0. The van der Waals surface area contributed by atoms with Gasteiger partial charge in [-0.3, -0.25) is 4.79 Å². The smallest absolute Gasteiger partial charge is 0.410 e. The van der Waals surface area contributed by atoms with E-state index < -0.39 is 23.6 Å². The number of piperidine rings is 1. The fraction of sp³-hybridized carbons (Fsp3) is 0.462. The number of ether oxygens (including phenoxy) is 4. The molecule has 2 atom stereocenters. The lowest BCUT2D eigenvalue weighted by Gasteiger charge is -2.37. The van der Waals surface area contributed by atoms with Crippen molar-refractivity contribution in [2.45, 2.75) is 45.3 Å². The predicted octanol–water partition coefficient (Wildman–Crippen LogP) is 4.71. The first kappa shape index (κ1) is 25.2. The van der Waals surface area contributed by atoms with Crippen LogP contribution in [0.5, 0.6) is 17.2 Å². The zero-order chi connectivity index (χ0) is 24.9. The van der Waals surface area contributed by atoms with Crippen molar-refractivity contribution in [2.75, 3.05) is 27.3 Å². The topological polar surface area (TPSA) is 94.5 Å². The lowest BCUT2D eigenvalue weighted by atomic mass is 9.80. The SMILES string of the molecule is COc1cc(COc2cccc([C@H]3CCN(C(=O)OC(C)(C)C)C[C@@H]3C(=O)O)c2)cc(OC)c1. The minimum Gasteiger partial charge on any atom is -0.497 e. The molecule has 1 N–H and O–H groups in total. The molecule has 34 heavy (non-hydrogen) atoms. The number of nitrogens with zero attached hydrogens (tertiary/aromatic N) is 1. The summed E-state index contributed by atoms with van der Waals surface area (Å²) in [5.41, 5.74) is 1.12. The van der Waals surface area contributed by atoms with Crippen molar-refractivity contribution < 1.29 is 33.6 Å². The van der Waals surface area contributed by atoms with Crippen LogP contribution in [-0.4, -0.2) is 55.0 Å². The predicted molar refractivity (Wildman–Crippen MR) is 127 cm³/mol. The Balaban J connectivity index is 1.72. The summed E-state index contributed by atoms with van der Waals surface area (Å²) in [5, 5.41) is 9.89. The molecule has 1 fully saturated rings. The Bertz CT molecular complexity index is 992. The van der Waals surface area contributed by atoms with E-state index in [-0.39, 0.29) is 12.5 Å². The zero-order valence-electron chi connectivity index (χ0n) is 20.4. The zero-order valence-corrected chi connectivity index (χ0v) is 20.4. The van der Waals surface area contributed by atoms with Gasteiger partial charge in [0.1, 0.15) is 29.5 Å². The average Bonchev–Trinajstić information content (AvgIpc) is 2.81. The first-order valence-electron chi connectivity index (χ1n) is 11.2. The normalized spacial score (nSPS) is 18.2. The van der Waals surface area contributed by atoms with Crippen molar-refractivity contribution in [3.63, 3.8) is 0 Å². The second-order valence-corrected chi connectivity index (χ2v) is 9.35. The van der Waals surface area contributed by atoms with Crippen molar-refractivity contribution >= 4 is 12.1 Å². The molecular weight excluding hydrogens is 438 g/mol. The van der Waals surface area contributed by atoms with Crippen LogP contribution < -0.4 is 14.2 Å². The number of aliphatic carboxylic acids is 1. The molecule has 184 valence electrons. The number of likely N-dealkylation sites (tertiary alicyclic amines) is 1. The summed E-state index contributed by atoms with van der Waals surface area (Å²) in [5.74, 6) is 0.0716. The molecule has 1 aliphatic rings. The number of carboxylic acids is 1. The van der Waals surface area contributed by atoms with Crippen molar-refractivity contribution in [2.24, 2.45) is 5.92 Å². The number of hydrogen-bond donors (Lipinski definition) is 1. The number of methoxy groups -OCH3 is 2. The molecular formula is C26H33NO7. The van der Waals surface area contributed by atoms with Gasteiger partial charge in [-0.15, -0.1) is 0 Å².